The molecule has 28 heavy (non-hydrogen) atoms. The lowest BCUT2D eigenvalue weighted by molar-refractivity contribution is 0.206. The number of nitrogens with one attached hydrogen (secondary N) is 1. The molecule has 1 saturated heterocycles. The van der Waals surface area contributed by atoms with Crippen LogP contribution in [-0.4, -0.2) is 52.8 Å². The van der Waals surface area contributed by atoms with Crippen LogP contribution >= 0.6 is 0 Å². The van der Waals surface area contributed by atoms with E-state index in [2.05, 4.69) is 26.4 Å². The Labute approximate surface area is 164 Å². The zero-order valence-electron chi connectivity index (χ0n) is 16.3. The summed E-state index contributed by atoms with van der Waals surface area (Å²) < 4.78 is 12.6. The number of ether oxygens (including phenoxy) is 2. The van der Waals surface area contributed by atoms with Gasteiger partial charge in [-0.25, -0.2) is 9.50 Å². The van der Waals surface area contributed by atoms with Crippen molar-refractivity contribution < 1.29 is 9.47 Å². The first-order valence-corrected chi connectivity index (χ1v) is 9.46. The number of fused-ring (bicyclic) bond motifs is 1. The summed E-state index contributed by atoms with van der Waals surface area (Å²) in [5, 5.41) is 7.75. The number of nitrogens with zero attached hydrogens (tertiary/aromatic N) is 4. The fourth-order valence-electron chi connectivity index (χ4n) is 3.64. The van der Waals surface area contributed by atoms with Crippen molar-refractivity contribution >= 4 is 17.0 Å². The number of hydrogen-bond acceptors (Lipinski definition) is 7. The number of likely N-dealkylation sites (tertiary alicyclic amines) is 1. The molecule has 1 fully saturated rings. The summed E-state index contributed by atoms with van der Waals surface area (Å²) >= 11 is 0. The van der Waals surface area contributed by atoms with Gasteiger partial charge in [-0.05, 0) is 49.7 Å². The van der Waals surface area contributed by atoms with E-state index >= 15 is 0 Å². The molecular weight excluding hydrogens is 356 g/mol. The fourth-order valence-corrected chi connectivity index (χ4v) is 3.64. The van der Waals surface area contributed by atoms with Crippen molar-refractivity contribution in [1.82, 2.24) is 19.5 Å². The molecule has 3 heterocycles. The van der Waals surface area contributed by atoms with Crippen LogP contribution in [0.3, 0.4) is 0 Å². The molecule has 1 aliphatic heterocycles. The first-order chi connectivity index (χ1) is 13.7. The van der Waals surface area contributed by atoms with Crippen molar-refractivity contribution in [3.63, 3.8) is 0 Å². The van der Waals surface area contributed by atoms with Gasteiger partial charge in [0, 0.05) is 30.5 Å². The number of anilines is 2. The second-order valence-electron chi connectivity index (χ2n) is 7.05. The van der Waals surface area contributed by atoms with E-state index in [0.717, 1.165) is 49.5 Å². The van der Waals surface area contributed by atoms with Crippen molar-refractivity contribution in [1.29, 1.82) is 0 Å². The van der Waals surface area contributed by atoms with Gasteiger partial charge in [0.1, 0.15) is 11.8 Å². The second-order valence-corrected chi connectivity index (χ2v) is 7.05. The highest BCUT2D eigenvalue weighted by Gasteiger charge is 2.19. The van der Waals surface area contributed by atoms with Crippen LogP contribution in [0.25, 0.3) is 5.52 Å². The van der Waals surface area contributed by atoms with Crippen molar-refractivity contribution in [3.05, 3.63) is 42.4 Å². The van der Waals surface area contributed by atoms with Crippen molar-refractivity contribution in [2.75, 3.05) is 32.6 Å². The van der Waals surface area contributed by atoms with E-state index in [9.17, 15) is 0 Å². The summed E-state index contributed by atoms with van der Waals surface area (Å²) in [7, 11) is 3.25. The highest BCUT2D eigenvalue weighted by atomic mass is 16.5. The van der Waals surface area contributed by atoms with Gasteiger partial charge in [0.05, 0.1) is 14.2 Å². The molecule has 8 nitrogen and oxygen atoms in total. The van der Waals surface area contributed by atoms with Crippen molar-refractivity contribution in [2.45, 2.75) is 25.4 Å². The molecule has 8 heteroatoms. The van der Waals surface area contributed by atoms with Crippen molar-refractivity contribution in [2.24, 2.45) is 5.73 Å². The van der Waals surface area contributed by atoms with Gasteiger partial charge in [-0.3, -0.25) is 4.90 Å². The minimum Gasteiger partial charge on any atom is -0.493 e. The third-order valence-corrected chi connectivity index (χ3v) is 5.21. The Kier molecular flexibility index (Phi) is 5.31. The SMILES string of the molecule is COc1ccc(Nc2ncnn3ccc(CN4CCC(N)CC4)c23)cc1OC. The number of nitrogens with two attached hydrogens (primary N) is 1. The van der Waals surface area contributed by atoms with E-state index in [1.807, 2.05) is 28.9 Å². The van der Waals surface area contributed by atoms with E-state index in [4.69, 9.17) is 15.2 Å². The van der Waals surface area contributed by atoms with Gasteiger partial charge < -0.3 is 20.5 Å². The molecular formula is C20H26N6O2. The zero-order valence-corrected chi connectivity index (χ0v) is 16.3. The maximum atomic E-state index is 6.04. The summed E-state index contributed by atoms with van der Waals surface area (Å²) in [6.45, 7) is 2.90. The Morgan fingerprint density at radius 2 is 1.93 bits per heavy atom. The Bertz CT molecular complexity index is 949. The van der Waals surface area contributed by atoms with E-state index in [1.54, 1.807) is 20.5 Å². The molecule has 0 atom stereocenters. The lowest BCUT2D eigenvalue weighted by Gasteiger charge is -2.29. The van der Waals surface area contributed by atoms with Crippen LogP contribution in [0, 0.1) is 0 Å². The Morgan fingerprint density at radius 3 is 2.68 bits per heavy atom. The molecule has 1 aromatic carbocycles. The quantitative estimate of drug-likeness (QED) is 0.677. The van der Waals surface area contributed by atoms with Gasteiger partial charge in [0.25, 0.3) is 0 Å². The standard InChI is InChI=1S/C20H26N6O2/c1-27-17-4-3-16(11-18(17)28-2)24-20-19-14(5-10-26(19)23-13-22-20)12-25-8-6-15(21)7-9-25/h3-5,10-11,13,15H,6-9,12,21H2,1-2H3,(H,22,23,24). The largest absolute Gasteiger partial charge is 0.493 e. The van der Waals surface area contributed by atoms with Gasteiger partial charge >= 0.3 is 0 Å². The van der Waals surface area contributed by atoms with E-state index in [0.29, 0.717) is 17.5 Å². The summed E-state index contributed by atoms with van der Waals surface area (Å²) in [5.74, 6) is 2.11. The van der Waals surface area contributed by atoms with Crippen LogP contribution < -0.4 is 20.5 Å². The molecule has 148 valence electrons. The molecule has 0 unspecified atom stereocenters. The number of rotatable bonds is 6. The molecule has 0 saturated carbocycles. The first kappa shape index (κ1) is 18.5. The van der Waals surface area contributed by atoms with Crippen molar-refractivity contribution in [3.8, 4) is 11.5 Å². The first-order valence-electron chi connectivity index (χ1n) is 9.46. The maximum Gasteiger partial charge on any atom is 0.162 e. The second kappa shape index (κ2) is 8.04. The molecule has 0 radical (unpaired) electrons. The minimum absolute atomic E-state index is 0.327. The summed E-state index contributed by atoms with van der Waals surface area (Å²) in [5.41, 5.74) is 9.08. The predicted octanol–water partition coefficient (Wildman–Crippen LogP) is 2.41. The third kappa shape index (κ3) is 3.74. The summed E-state index contributed by atoms with van der Waals surface area (Å²) in [4.78, 5) is 6.92. The highest BCUT2D eigenvalue weighted by Crippen LogP contribution is 2.32. The normalized spacial score (nSPS) is 15.7. The third-order valence-electron chi connectivity index (χ3n) is 5.21. The molecule has 3 N–H and O–H groups in total. The molecule has 4 rings (SSSR count). The monoisotopic (exact) mass is 382 g/mol. The minimum atomic E-state index is 0.327. The van der Waals surface area contributed by atoms with Gasteiger partial charge in [-0.2, -0.15) is 5.10 Å². The average Bonchev–Trinajstić information content (AvgIpc) is 3.13. The molecule has 0 aliphatic carbocycles. The molecule has 1 aliphatic rings. The predicted molar refractivity (Wildman–Crippen MR) is 108 cm³/mol. The summed E-state index contributed by atoms with van der Waals surface area (Å²) in [6.07, 6.45) is 5.61. The molecule has 3 aromatic rings. The van der Waals surface area contributed by atoms with E-state index in [1.165, 1.54) is 5.56 Å². The Hall–Kier alpha value is -2.84. The van der Waals surface area contributed by atoms with E-state index in [-0.39, 0.29) is 0 Å². The van der Waals surface area contributed by atoms with Crippen LogP contribution in [0.15, 0.2) is 36.8 Å². The van der Waals surface area contributed by atoms with Gasteiger partial charge in [-0.15, -0.1) is 0 Å². The lowest BCUT2D eigenvalue weighted by atomic mass is 10.1. The number of hydrogen-bond donors (Lipinski definition) is 2. The highest BCUT2D eigenvalue weighted by molar-refractivity contribution is 5.77. The molecule has 2 aromatic heterocycles. The van der Waals surface area contributed by atoms with Crippen LogP contribution in [0.5, 0.6) is 11.5 Å². The zero-order chi connectivity index (χ0) is 19.5. The molecule has 0 amide bonds. The van der Waals surface area contributed by atoms with Crippen LogP contribution in [0.2, 0.25) is 0 Å². The fraction of sp³-hybridized carbons (Fsp3) is 0.400. The summed E-state index contributed by atoms with van der Waals surface area (Å²) in [6, 6.07) is 8.14. The molecule has 0 spiro atoms. The Morgan fingerprint density at radius 1 is 1.14 bits per heavy atom. The van der Waals surface area contributed by atoms with Crippen LogP contribution in [0.1, 0.15) is 18.4 Å². The maximum absolute atomic E-state index is 6.04. The number of methoxy groups -OCH3 is 2. The smallest absolute Gasteiger partial charge is 0.162 e. The molecule has 0 bridgehead atoms. The topological polar surface area (TPSA) is 89.9 Å². The number of aromatic nitrogens is 3. The van der Waals surface area contributed by atoms with Gasteiger partial charge in [-0.1, -0.05) is 0 Å². The van der Waals surface area contributed by atoms with Crippen LogP contribution in [0.4, 0.5) is 11.5 Å². The lowest BCUT2D eigenvalue weighted by Crippen LogP contribution is -2.39. The van der Waals surface area contributed by atoms with E-state index < -0.39 is 0 Å². The van der Waals surface area contributed by atoms with Crippen LogP contribution in [-0.2, 0) is 6.54 Å². The number of benzene rings is 1. The van der Waals surface area contributed by atoms with Gasteiger partial charge in [0.2, 0.25) is 0 Å². The van der Waals surface area contributed by atoms with Gasteiger partial charge in [0.15, 0.2) is 17.3 Å². The Balaban J connectivity index is 1.61. The number of piperidine rings is 1. The average molecular weight is 382 g/mol.